The van der Waals surface area contributed by atoms with Gasteiger partial charge in [0, 0.05) is 19.4 Å². The molecule has 0 radical (unpaired) electrons. The fraction of sp³-hybridized carbons (Fsp3) is 0.800. The molecule has 0 unspecified atom stereocenters. The Labute approximate surface area is 89.7 Å². The molecule has 0 saturated heterocycles. The molecule has 0 saturated carbocycles. The Morgan fingerprint density at radius 3 is 2.33 bits per heavy atom. The molecule has 15 heavy (non-hydrogen) atoms. The van der Waals surface area contributed by atoms with Gasteiger partial charge in [0.2, 0.25) is 0 Å². The van der Waals surface area contributed by atoms with Gasteiger partial charge in [-0.1, -0.05) is 0 Å². The number of esters is 2. The van der Waals surface area contributed by atoms with Crippen molar-refractivity contribution in [3.8, 4) is 0 Å². The minimum Gasteiger partial charge on any atom is -0.469 e. The van der Waals surface area contributed by atoms with Crippen molar-refractivity contribution in [3.05, 3.63) is 0 Å². The predicted octanol–water partition coefficient (Wildman–Crippen LogP) is 0.909. The molecular formula is C10H18O5. The highest BCUT2D eigenvalue weighted by Crippen LogP contribution is 1.99. The average molecular weight is 218 g/mol. The zero-order valence-electron chi connectivity index (χ0n) is 9.28. The first kappa shape index (κ1) is 13.9. The fourth-order valence-electron chi connectivity index (χ4n) is 0.910. The second-order valence-electron chi connectivity index (χ2n) is 2.85. The van der Waals surface area contributed by atoms with Gasteiger partial charge in [-0.05, 0) is 13.3 Å². The molecule has 0 aromatic carbocycles. The van der Waals surface area contributed by atoms with Crippen LogP contribution >= 0.6 is 0 Å². The van der Waals surface area contributed by atoms with E-state index >= 15 is 0 Å². The highest BCUT2D eigenvalue weighted by atomic mass is 16.6. The SMILES string of the molecule is CCOCCOC(=O)CCCC(=O)OC. The van der Waals surface area contributed by atoms with Crippen molar-refractivity contribution in [1.29, 1.82) is 0 Å². The van der Waals surface area contributed by atoms with Crippen molar-refractivity contribution in [2.24, 2.45) is 0 Å². The van der Waals surface area contributed by atoms with Crippen LogP contribution in [-0.4, -0.2) is 38.9 Å². The molecule has 0 aromatic rings. The van der Waals surface area contributed by atoms with E-state index in [-0.39, 0.29) is 31.4 Å². The predicted molar refractivity (Wildman–Crippen MR) is 53.3 cm³/mol. The third-order valence-electron chi connectivity index (χ3n) is 1.68. The summed E-state index contributed by atoms with van der Waals surface area (Å²) >= 11 is 0. The summed E-state index contributed by atoms with van der Waals surface area (Å²) in [5.41, 5.74) is 0. The Balaban J connectivity index is 3.29. The molecule has 0 aliphatic heterocycles. The highest BCUT2D eigenvalue weighted by Gasteiger charge is 2.05. The van der Waals surface area contributed by atoms with Gasteiger partial charge in [-0.2, -0.15) is 0 Å². The Morgan fingerprint density at radius 2 is 1.73 bits per heavy atom. The largest absolute Gasteiger partial charge is 0.469 e. The normalized spacial score (nSPS) is 9.73. The summed E-state index contributed by atoms with van der Waals surface area (Å²) in [4.78, 5) is 21.7. The van der Waals surface area contributed by atoms with E-state index in [4.69, 9.17) is 9.47 Å². The molecule has 88 valence electrons. The smallest absolute Gasteiger partial charge is 0.305 e. The Kier molecular flexibility index (Phi) is 8.76. The van der Waals surface area contributed by atoms with E-state index in [1.165, 1.54) is 7.11 Å². The van der Waals surface area contributed by atoms with E-state index in [1.54, 1.807) is 0 Å². The molecule has 0 heterocycles. The molecule has 0 amide bonds. The summed E-state index contributed by atoms with van der Waals surface area (Å²) in [6.45, 7) is 3.17. The zero-order chi connectivity index (χ0) is 11.5. The number of hydrogen-bond donors (Lipinski definition) is 0. The van der Waals surface area contributed by atoms with Gasteiger partial charge in [-0.15, -0.1) is 0 Å². The molecule has 0 spiro atoms. The molecule has 5 heteroatoms. The molecule has 0 aliphatic rings. The summed E-state index contributed by atoms with van der Waals surface area (Å²) in [5, 5.41) is 0. The van der Waals surface area contributed by atoms with E-state index < -0.39 is 0 Å². The molecule has 0 bridgehead atoms. The lowest BCUT2D eigenvalue weighted by molar-refractivity contribution is -0.145. The summed E-state index contributed by atoms with van der Waals surface area (Å²) < 4.78 is 14.3. The standard InChI is InChI=1S/C10H18O5/c1-3-14-7-8-15-10(12)6-4-5-9(11)13-2/h3-8H2,1-2H3. The molecule has 0 aliphatic carbocycles. The van der Waals surface area contributed by atoms with Crippen LogP contribution in [0.2, 0.25) is 0 Å². The van der Waals surface area contributed by atoms with Gasteiger partial charge in [0.1, 0.15) is 6.61 Å². The third kappa shape index (κ3) is 9.21. The van der Waals surface area contributed by atoms with Crippen molar-refractivity contribution in [2.75, 3.05) is 26.9 Å². The van der Waals surface area contributed by atoms with Crippen molar-refractivity contribution in [1.82, 2.24) is 0 Å². The first-order valence-electron chi connectivity index (χ1n) is 5.00. The Bertz CT molecular complexity index is 190. The van der Waals surface area contributed by atoms with Gasteiger partial charge in [-0.25, -0.2) is 0 Å². The van der Waals surface area contributed by atoms with E-state index in [2.05, 4.69) is 4.74 Å². The van der Waals surface area contributed by atoms with Crippen LogP contribution in [0.5, 0.6) is 0 Å². The molecule has 0 fully saturated rings. The summed E-state index contributed by atoms with van der Waals surface area (Å²) in [6.07, 6.45) is 0.943. The van der Waals surface area contributed by atoms with Gasteiger partial charge in [-0.3, -0.25) is 9.59 Å². The van der Waals surface area contributed by atoms with Crippen LogP contribution in [0.15, 0.2) is 0 Å². The maximum absolute atomic E-state index is 11.0. The van der Waals surface area contributed by atoms with Crippen LogP contribution in [0.1, 0.15) is 26.2 Å². The quantitative estimate of drug-likeness (QED) is 0.447. The van der Waals surface area contributed by atoms with Crippen LogP contribution in [0.25, 0.3) is 0 Å². The zero-order valence-corrected chi connectivity index (χ0v) is 9.28. The topological polar surface area (TPSA) is 61.8 Å². The number of methoxy groups -OCH3 is 1. The molecule has 0 rings (SSSR count). The van der Waals surface area contributed by atoms with Gasteiger partial charge in [0.05, 0.1) is 13.7 Å². The third-order valence-corrected chi connectivity index (χ3v) is 1.68. The maximum atomic E-state index is 11.0. The van der Waals surface area contributed by atoms with Crippen LogP contribution in [0, 0.1) is 0 Å². The van der Waals surface area contributed by atoms with Crippen molar-refractivity contribution >= 4 is 11.9 Å². The number of carbonyl (C=O) groups is 2. The Hall–Kier alpha value is -1.10. The van der Waals surface area contributed by atoms with Crippen LogP contribution in [0.4, 0.5) is 0 Å². The van der Waals surface area contributed by atoms with Gasteiger partial charge in [0.15, 0.2) is 0 Å². The first-order chi connectivity index (χ1) is 7.20. The average Bonchev–Trinajstić information content (AvgIpc) is 2.24. The fourth-order valence-corrected chi connectivity index (χ4v) is 0.910. The van der Waals surface area contributed by atoms with E-state index in [0.29, 0.717) is 19.6 Å². The second-order valence-corrected chi connectivity index (χ2v) is 2.85. The number of carbonyl (C=O) groups excluding carboxylic acids is 2. The van der Waals surface area contributed by atoms with E-state index in [0.717, 1.165) is 0 Å². The summed E-state index contributed by atoms with van der Waals surface area (Å²) in [5.74, 6) is -0.615. The molecule has 5 nitrogen and oxygen atoms in total. The van der Waals surface area contributed by atoms with Crippen molar-refractivity contribution in [2.45, 2.75) is 26.2 Å². The lowest BCUT2D eigenvalue weighted by atomic mass is 10.2. The van der Waals surface area contributed by atoms with Crippen molar-refractivity contribution < 1.29 is 23.8 Å². The highest BCUT2D eigenvalue weighted by molar-refractivity contribution is 5.72. The van der Waals surface area contributed by atoms with Gasteiger partial charge >= 0.3 is 11.9 Å². The van der Waals surface area contributed by atoms with Gasteiger partial charge in [0.25, 0.3) is 0 Å². The van der Waals surface area contributed by atoms with E-state index in [9.17, 15) is 9.59 Å². The number of ether oxygens (including phenoxy) is 3. The lowest BCUT2D eigenvalue weighted by Gasteiger charge is -2.04. The number of rotatable bonds is 8. The monoisotopic (exact) mass is 218 g/mol. The first-order valence-corrected chi connectivity index (χ1v) is 5.00. The van der Waals surface area contributed by atoms with E-state index in [1.807, 2.05) is 6.92 Å². The summed E-state index contributed by atoms with van der Waals surface area (Å²) in [7, 11) is 1.32. The lowest BCUT2D eigenvalue weighted by Crippen LogP contribution is -2.11. The van der Waals surface area contributed by atoms with Crippen LogP contribution in [-0.2, 0) is 23.8 Å². The van der Waals surface area contributed by atoms with Crippen LogP contribution in [0.3, 0.4) is 0 Å². The van der Waals surface area contributed by atoms with Crippen LogP contribution < -0.4 is 0 Å². The molecular weight excluding hydrogens is 200 g/mol. The van der Waals surface area contributed by atoms with Gasteiger partial charge < -0.3 is 14.2 Å². The molecule has 0 N–H and O–H groups in total. The minimum atomic E-state index is -0.308. The number of hydrogen-bond acceptors (Lipinski definition) is 5. The Morgan fingerprint density at radius 1 is 1.07 bits per heavy atom. The molecule has 0 atom stereocenters. The van der Waals surface area contributed by atoms with Crippen molar-refractivity contribution in [3.63, 3.8) is 0 Å². The molecule has 0 aromatic heterocycles. The second kappa shape index (κ2) is 9.45. The maximum Gasteiger partial charge on any atom is 0.305 e. The summed E-state index contributed by atoms with van der Waals surface area (Å²) in [6, 6.07) is 0. The minimum absolute atomic E-state index is 0.237.